The number of oxime groups is 1. The van der Waals surface area contributed by atoms with Crippen LogP contribution in [0.2, 0.25) is 5.02 Å². The maximum atomic E-state index is 12.5. The van der Waals surface area contributed by atoms with Gasteiger partial charge in [0, 0.05) is 17.1 Å². The first-order chi connectivity index (χ1) is 10.6. The van der Waals surface area contributed by atoms with Crippen molar-refractivity contribution in [1.82, 2.24) is 4.90 Å². The van der Waals surface area contributed by atoms with Gasteiger partial charge in [0.05, 0.1) is 5.69 Å². The van der Waals surface area contributed by atoms with E-state index in [1.54, 1.807) is 17.0 Å². The summed E-state index contributed by atoms with van der Waals surface area (Å²) in [7, 11) is 1.44. The molecule has 22 heavy (non-hydrogen) atoms. The second-order valence-corrected chi connectivity index (χ2v) is 5.56. The summed E-state index contributed by atoms with van der Waals surface area (Å²) in [6, 6.07) is 5.42. The molecular weight excluding hydrogens is 302 g/mol. The molecule has 1 heterocycles. The summed E-state index contributed by atoms with van der Waals surface area (Å²) < 4.78 is 0. The van der Waals surface area contributed by atoms with E-state index in [0.29, 0.717) is 17.3 Å². The molecule has 0 saturated carbocycles. The highest BCUT2D eigenvalue weighted by Crippen LogP contribution is 2.31. The molecule has 0 spiro atoms. The van der Waals surface area contributed by atoms with Crippen LogP contribution in [0.3, 0.4) is 0 Å². The van der Waals surface area contributed by atoms with Crippen LogP contribution in [0.4, 0.5) is 5.69 Å². The Morgan fingerprint density at radius 1 is 1.32 bits per heavy atom. The van der Waals surface area contributed by atoms with E-state index in [1.165, 1.54) is 7.11 Å². The molecule has 120 valence electrons. The number of hydrogen-bond acceptors (Lipinski definition) is 4. The summed E-state index contributed by atoms with van der Waals surface area (Å²) in [5.41, 5.74) is 1.91. The molecule has 0 fully saturated rings. The van der Waals surface area contributed by atoms with E-state index in [1.807, 2.05) is 6.07 Å². The van der Waals surface area contributed by atoms with Crippen molar-refractivity contribution in [2.75, 3.05) is 38.2 Å². The number of anilines is 1. The van der Waals surface area contributed by atoms with Crippen LogP contribution in [0.25, 0.3) is 0 Å². The van der Waals surface area contributed by atoms with Crippen LogP contribution in [-0.2, 0) is 9.63 Å². The quantitative estimate of drug-likeness (QED) is 0.725. The van der Waals surface area contributed by atoms with E-state index in [0.717, 1.165) is 37.3 Å². The Labute approximate surface area is 136 Å². The van der Waals surface area contributed by atoms with Crippen LogP contribution >= 0.6 is 11.6 Å². The van der Waals surface area contributed by atoms with Crippen LogP contribution < -0.4 is 4.90 Å². The summed E-state index contributed by atoms with van der Waals surface area (Å²) in [5.74, 6) is -0.126. The van der Waals surface area contributed by atoms with Gasteiger partial charge in [0.15, 0.2) is 5.71 Å². The zero-order chi connectivity index (χ0) is 16.1. The number of carbonyl (C=O) groups is 1. The van der Waals surface area contributed by atoms with Crippen molar-refractivity contribution in [1.29, 1.82) is 0 Å². The number of benzene rings is 1. The fraction of sp³-hybridized carbons (Fsp3) is 0.500. The van der Waals surface area contributed by atoms with Gasteiger partial charge in [-0.2, -0.15) is 0 Å². The van der Waals surface area contributed by atoms with Gasteiger partial charge in [-0.1, -0.05) is 30.6 Å². The van der Waals surface area contributed by atoms with Gasteiger partial charge >= 0.3 is 0 Å². The Morgan fingerprint density at radius 3 is 2.68 bits per heavy atom. The van der Waals surface area contributed by atoms with Crippen LogP contribution in [0.5, 0.6) is 0 Å². The highest BCUT2D eigenvalue weighted by Gasteiger charge is 2.34. The van der Waals surface area contributed by atoms with Crippen molar-refractivity contribution >= 4 is 28.9 Å². The molecule has 1 amide bonds. The van der Waals surface area contributed by atoms with Crippen LogP contribution in [-0.4, -0.2) is 49.8 Å². The first-order valence-corrected chi connectivity index (χ1v) is 7.95. The molecule has 0 saturated heterocycles. The number of carbonyl (C=O) groups excluding carboxylic acids is 1. The maximum Gasteiger partial charge on any atom is 0.281 e. The van der Waals surface area contributed by atoms with E-state index in [4.69, 9.17) is 16.4 Å². The molecule has 1 aromatic carbocycles. The molecule has 0 atom stereocenters. The summed E-state index contributed by atoms with van der Waals surface area (Å²) in [5, 5.41) is 4.45. The lowest BCUT2D eigenvalue weighted by atomic mass is 10.1. The van der Waals surface area contributed by atoms with Gasteiger partial charge in [-0.3, -0.25) is 4.79 Å². The van der Waals surface area contributed by atoms with Crippen molar-refractivity contribution in [3.05, 3.63) is 28.8 Å². The summed E-state index contributed by atoms with van der Waals surface area (Å²) in [6.07, 6.45) is 0.912. The molecule has 0 unspecified atom stereocenters. The molecule has 0 N–H and O–H groups in total. The predicted octanol–water partition coefficient (Wildman–Crippen LogP) is 2.77. The van der Waals surface area contributed by atoms with E-state index in [-0.39, 0.29) is 5.91 Å². The third kappa shape index (κ3) is 3.42. The minimum absolute atomic E-state index is 0.126. The van der Waals surface area contributed by atoms with Gasteiger partial charge in [-0.05, 0) is 44.3 Å². The average molecular weight is 324 g/mol. The van der Waals surface area contributed by atoms with Gasteiger partial charge in [0.2, 0.25) is 0 Å². The zero-order valence-corrected chi connectivity index (χ0v) is 14.1. The average Bonchev–Trinajstić information content (AvgIpc) is 2.77. The lowest BCUT2D eigenvalue weighted by Crippen LogP contribution is -2.33. The Morgan fingerprint density at radius 2 is 2.05 bits per heavy atom. The molecule has 0 bridgehead atoms. The first-order valence-electron chi connectivity index (χ1n) is 7.57. The molecule has 2 rings (SSSR count). The maximum absolute atomic E-state index is 12.5. The zero-order valence-electron chi connectivity index (χ0n) is 13.3. The second kappa shape index (κ2) is 7.61. The van der Waals surface area contributed by atoms with Crippen molar-refractivity contribution in [3.63, 3.8) is 0 Å². The highest BCUT2D eigenvalue weighted by atomic mass is 35.5. The molecule has 1 aliphatic rings. The third-order valence-corrected chi connectivity index (χ3v) is 4.12. The normalized spacial score (nSPS) is 15.8. The van der Waals surface area contributed by atoms with Gasteiger partial charge in [0.25, 0.3) is 5.91 Å². The topological polar surface area (TPSA) is 45.1 Å². The lowest BCUT2D eigenvalue weighted by molar-refractivity contribution is -0.112. The monoisotopic (exact) mass is 323 g/mol. The van der Waals surface area contributed by atoms with Crippen molar-refractivity contribution in [3.8, 4) is 0 Å². The standard InChI is InChI=1S/C16H22ClN3O2/c1-4-19(5-2)9-6-10-20-14-8-7-12(17)11-13(14)15(16(20)21)18-22-3/h7-8,11H,4-6,9-10H2,1-3H3. The van der Waals surface area contributed by atoms with Crippen LogP contribution in [0, 0.1) is 0 Å². The van der Waals surface area contributed by atoms with Gasteiger partial charge in [-0.25, -0.2) is 0 Å². The number of rotatable bonds is 7. The molecule has 1 aliphatic heterocycles. The molecular formula is C16H22ClN3O2. The smallest absolute Gasteiger partial charge is 0.281 e. The van der Waals surface area contributed by atoms with Crippen molar-refractivity contribution < 1.29 is 9.63 Å². The Bertz CT molecular complexity index is 571. The van der Waals surface area contributed by atoms with Gasteiger partial charge < -0.3 is 14.6 Å². The summed E-state index contributed by atoms with van der Waals surface area (Å²) in [6.45, 7) is 7.96. The first kappa shape index (κ1) is 16.8. The Hall–Kier alpha value is -1.59. The van der Waals surface area contributed by atoms with E-state index < -0.39 is 0 Å². The molecule has 0 aromatic heterocycles. The highest BCUT2D eigenvalue weighted by molar-refractivity contribution is 6.54. The predicted molar refractivity (Wildman–Crippen MR) is 89.8 cm³/mol. The fourth-order valence-electron chi connectivity index (χ4n) is 2.68. The van der Waals surface area contributed by atoms with Gasteiger partial charge in [0.1, 0.15) is 7.11 Å². The largest absolute Gasteiger partial charge is 0.398 e. The van der Waals surface area contributed by atoms with E-state index in [2.05, 4.69) is 23.9 Å². The van der Waals surface area contributed by atoms with Gasteiger partial charge in [-0.15, -0.1) is 0 Å². The lowest BCUT2D eigenvalue weighted by Gasteiger charge is -2.21. The fourth-order valence-corrected chi connectivity index (χ4v) is 2.85. The van der Waals surface area contributed by atoms with E-state index in [9.17, 15) is 4.79 Å². The van der Waals surface area contributed by atoms with E-state index >= 15 is 0 Å². The third-order valence-electron chi connectivity index (χ3n) is 3.89. The molecule has 0 aliphatic carbocycles. The summed E-state index contributed by atoms with van der Waals surface area (Å²) in [4.78, 5) is 21.4. The second-order valence-electron chi connectivity index (χ2n) is 5.12. The van der Waals surface area contributed by atoms with Crippen molar-refractivity contribution in [2.24, 2.45) is 5.16 Å². The Balaban J connectivity index is 2.16. The number of hydrogen-bond donors (Lipinski definition) is 0. The Kier molecular flexibility index (Phi) is 5.80. The van der Waals surface area contributed by atoms with Crippen LogP contribution in [0.15, 0.2) is 23.4 Å². The minimum atomic E-state index is -0.126. The molecule has 5 nitrogen and oxygen atoms in total. The number of halogens is 1. The number of fused-ring (bicyclic) bond motifs is 1. The molecule has 0 radical (unpaired) electrons. The van der Waals surface area contributed by atoms with Crippen molar-refractivity contribution in [2.45, 2.75) is 20.3 Å². The SMILES string of the molecule is CCN(CC)CCCN1C(=O)C(=NOC)c2cc(Cl)ccc21. The van der Waals surface area contributed by atoms with Crippen LogP contribution in [0.1, 0.15) is 25.8 Å². The molecule has 1 aromatic rings. The molecule has 6 heteroatoms. The minimum Gasteiger partial charge on any atom is -0.398 e. The number of nitrogens with zero attached hydrogens (tertiary/aromatic N) is 3. The number of amides is 1. The summed E-state index contributed by atoms with van der Waals surface area (Å²) >= 11 is 6.04.